The van der Waals surface area contributed by atoms with E-state index in [2.05, 4.69) is 10.2 Å². The topological polar surface area (TPSA) is 82.0 Å². The molecule has 0 unspecified atom stereocenters. The number of nitrogens with zero attached hydrogens (tertiary/aromatic N) is 2. The largest absolute Gasteiger partial charge is 0.416 e. The van der Waals surface area contributed by atoms with Gasteiger partial charge in [-0.05, 0) is 5.56 Å². The Balaban J connectivity index is 1.97. The fourth-order valence-electron chi connectivity index (χ4n) is 1.27. The molecular formula is C11H11N3O2S. The molecule has 1 aromatic heterocycles. The number of hydrogen-bond acceptors (Lipinski definition) is 5. The van der Waals surface area contributed by atoms with Gasteiger partial charge in [0.2, 0.25) is 11.8 Å². The average molecular weight is 249 g/mol. The molecule has 0 radical (unpaired) electrons. The van der Waals surface area contributed by atoms with Crippen LogP contribution in [0.25, 0.3) is 0 Å². The molecule has 0 aliphatic rings. The molecule has 0 bridgehead atoms. The molecule has 5 nitrogen and oxygen atoms in total. The fourth-order valence-corrected chi connectivity index (χ4v) is 1.79. The van der Waals surface area contributed by atoms with Gasteiger partial charge in [0.05, 0.1) is 12.2 Å². The molecule has 17 heavy (non-hydrogen) atoms. The zero-order valence-corrected chi connectivity index (χ0v) is 9.81. The highest BCUT2D eigenvalue weighted by molar-refractivity contribution is 7.99. The summed E-state index contributed by atoms with van der Waals surface area (Å²) in [4.78, 5) is 10.6. The van der Waals surface area contributed by atoms with E-state index in [4.69, 9.17) is 10.2 Å². The molecule has 0 saturated carbocycles. The second kappa shape index (κ2) is 5.49. The highest BCUT2D eigenvalue weighted by Gasteiger charge is 2.08. The third-order valence-electron chi connectivity index (χ3n) is 1.98. The van der Waals surface area contributed by atoms with E-state index in [1.807, 2.05) is 30.3 Å². The Kier molecular flexibility index (Phi) is 3.77. The molecule has 0 aliphatic carbocycles. The first-order valence-corrected chi connectivity index (χ1v) is 6.00. The Morgan fingerprint density at radius 3 is 2.76 bits per heavy atom. The molecular weight excluding hydrogens is 238 g/mol. The molecule has 1 heterocycles. The number of nitrogens with two attached hydrogens (primary N) is 1. The van der Waals surface area contributed by atoms with Gasteiger partial charge in [0.25, 0.3) is 5.22 Å². The third kappa shape index (κ3) is 3.60. The molecule has 2 N–H and O–H groups in total. The summed E-state index contributed by atoms with van der Waals surface area (Å²) in [6.07, 6.45) is 0.588. The van der Waals surface area contributed by atoms with Crippen LogP contribution in [-0.2, 0) is 11.2 Å². The smallest absolute Gasteiger partial charge is 0.277 e. The van der Waals surface area contributed by atoms with Gasteiger partial charge in [-0.25, -0.2) is 0 Å². The summed E-state index contributed by atoms with van der Waals surface area (Å²) in [7, 11) is 0. The molecule has 1 amide bonds. The van der Waals surface area contributed by atoms with Crippen LogP contribution in [0.5, 0.6) is 0 Å². The second-order valence-corrected chi connectivity index (χ2v) is 4.31. The first-order valence-electron chi connectivity index (χ1n) is 5.01. The van der Waals surface area contributed by atoms with Gasteiger partial charge in [-0.1, -0.05) is 42.1 Å². The maximum Gasteiger partial charge on any atom is 0.277 e. The van der Waals surface area contributed by atoms with Crippen LogP contribution in [0.4, 0.5) is 0 Å². The van der Waals surface area contributed by atoms with Crippen molar-refractivity contribution in [2.75, 3.05) is 5.75 Å². The molecule has 1 aromatic carbocycles. The number of carbonyl (C=O) groups excluding carboxylic acids is 1. The zero-order chi connectivity index (χ0) is 12.1. The van der Waals surface area contributed by atoms with Gasteiger partial charge >= 0.3 is 0 Å². The number of rotatable bonds is 5. The zero-order valence-electron chi connectivity index (χ0n) is 9.00. The predicted octanol–water partition coefficient (Wildman–Crippen LogP) is 1.24. The first-order chi connectivity index (χ1) is 8.24. The van der Waals surface area contributed by atoms with Crippen LogP contribution < -0.4 is 5.73 Å². The van der Waals surface area contributed by atoms with Gasteiger partial charge in [0.15, 0.2) is 0 Å². The Morgan fingerprint density at radius 2 is 2.06 bits per heavy atom. The normalized spacial score (nSPS) is 10.4. The number of amides is 1. The lowest BCUT2D eigenvalue weighted by molar-refractivity contribution is -0.115. The van der Waals surface area contributed by atoms with E-state index in [-0.39, 0.29) is 5.75 Å². The number of aromatic nitrogens is 2. The minimum absolute atomic E-state index is 0.146. The van der Waals surface area contributed by atoms with Crippen molar-refractivity contribution >= 4 is 17.7 Å². The van der Waals surface area contributed by atoms with E-state index >= 15 is 0 Å². The highest BCUT2D eigenvalue weighted by Crippen LogP contribution is 2.17. The van der Waals surface area contributed by atoms with Crippen LogP contribution in [0.1, 0.15) is 11.5 Å². The van der Waals surface area contributed by atoms with Gasteiger partial charge in [0.1, 0.15) is 0 Å². The van der Waals surface area contributed by atoms with Gasteiger partial charge in [0, 0.05) is 0 Å². The van der Waals surface area contributed by atoms with E-state index in [0.29, 0.717) is 17.5 Å². The fraction of sp³-hybridized carbons (Fsp3) is 0.182. The quantitative estimate of drug-likeness (QED) is 0.806. The minimum Gasteiger partial charge on any atom is -0.416 e. The number of benzene rings is 1. The first kappa shape index (κ1) is 11.7. The predicted molar refractivity (Wildman–Crippen MR) is 63.5 cm³/mol. The SMILES string of the molecule is NC(=O)CSc1nnc(Cc2ccccc2)o1. The van der Waals surface area contributed by atoms with Crippen LogP contribution in [0.15, 0.2) is 40.0 Å². The van der Waals surface area contributed by atoms with Crippen LogP contribution in [-0.4, -0.2) is 21.9 Å². The molecule has 0 fully saturated rings. The van der Waals surface area contributed by atoms with E-state index in [9.17, 15) is 4.79 Å². The minimum atomic E-state index is -0.405. The molecule has 0 atom stereocenters. The van der Waals surface area contributed by atoms with Crippen molar-refractivity contribution in [3.05, 3.63) is 41.8 Å². The Morgan fingerprint density at radius 1 is 1.29 bits per heavy atom. The van der Waals surface area contributed by atoms with Crippen molar-refractivity contribution in [1.82, 2.24) is 10.2 Å². The van der Waals surface area contributed by atoms with Crippen molar-refractivity contribution in [3.8, 4) is 0 Å². The van der Waals surface area contributed by atoms with Gasteiger partial charge in [-0.15, -0.1) is 10.2 Å². The van der Waals surface area contributed by atoms with Gasteiger partial charge in [-0.3, -0.25) is 4.79 Å². The van der Waals surface area contributed by atoms with E-state index in [1.165, 1.54) is 0 Å². The summed E-state index contributed by atoms with van der Waals surface area (Å²) in [5, 5.41) is 8.09. The van der Waals surface area contributed by atoms with Gasteiger partial charge in [-0.2, -0.15) is 0 Å². The van der Waals surface area contributed by atoms with Crippen molar-refractivity contribution in [2.24, 2.45) is 5.73 Å². The molecule has 0 spiro atoms. The summed E-state index contributed by atoms with van der Waals surface area (Å²) in [5.41, 5.74) is 6.12. The molecule has 88 valence electrons. The van der Waals surface area contributed by atoms with Gasteiger partial charge < -0.3 is 10.2 Å². The Hall–Kier alpha value is -1.82. The Labute approximate surface area is 102 Å². The summed E-state index contributed by atoms with van der Waals surface area (Å²) in [5.74, 6) is 0.272. The van der Waals surface area contributed by atoms with E-state index < -0.39 is 5.91 Å². The molecule has 2 rings (SSSR count). The van der Waals surface area contributed by atoms with Crippen LogP contribution in [0, 0.1) is 0 Å². The Bertz CT molecular complexity index is 498. The summed E-state index contributed by atoms with van der Waals surface area (Å²) in [6.45, 7) is 0. The van der Waals surface area contributed by atoms with E-state index in [0.717, 1.165) is 17.3 Å². The lowest BCUT2D eigenvalue weighted by Gasteiger charge is -1.94. The summed E-state index contributed by atoms with van der Waals surface area (Å²) >= 11 is 1.15. The number of carbonyl (C=O) groups is 1. The maximum absolute atomic E-state index is 10.6. The molecule has 0 saturated heterocycles. The lowest BCUT2D eigenvalue weighted by Crippen LogP contribution is -2.12. The van der Waals surface area contributed by atoms with Crippen molar-refractivity contribution in [1.29, 1.82) is 0 Å². The summed E-state index contributed by atoms with van der Waals surface area (Å²) in [6, 6.07) is 9.83. The monoisotopic (exact) mass is 249 g/mol. The lowest BCUT2D eigenvalue weighted by atomic mass is 10.2. The summed E-state index contributed by atoms with van der Waals surface area (Å²) < 4.78 is 5.37. The molecule has 6 heteroatoms. The van der Waals surface area contributed by atoms with Crippen molar-refractivity contribution in [3.63, 3.8) is 0 Å². The number of primary amides is 1. The standard InChI is InChI=1S/C11H11N3O2S/c12-9(15)7-17-11-14-13-10(16-11)6-8-4-2-1-3-5-8/h1-5H,6-7H2,(H2,12,15). The van der Waals surface area contributed by atoms with E-state index in [1.54, 1.807) is 0 Å². The second-order valence-electron chi connectivity index (χ2n) is 3.38. The number of thioether (sulfide) groups is 1. The van der Waals surface area contributed by atoms with Crippen LogP contribution >= 0.6 is 11.8 Å². The molecule has 2 aromatic rings. The average Bonchev–Trinajstić information content (AvgIpc) is 2.75. The maximum atomic E-state index is 10.6. The number of hydrogen-bond donors (Lipinski definition) is 1. The molecule has 0 aliphatic heterocycles. The highest BCUT2D eigenvalue weighted by atomic mass is 32.2. The third-order valence-corrected chi connectivity index (χ3v) is 2.83. The van der Waals surface area contributed by atoms with Crippen LogP contribution in [0.3, 0.4) is 0 Å². The van der Waals surface area contributed by atoms with Crippen LogP contribution in [0.2, 0.25) is 0 Å². The van der Waals surface area contributed by atoms with Crippen molar-refractivity contribution < 1.29 is 9.21 Å². The van der Waals surface area contributed by atoms with Crippen molar-refractivity contribution in [2.45, 2.75) is 11.6 Å².